The fraction of sp³-hybridized carbons (Fsp3) is 0.176. The quantitative estimate of drug-likeness (QED) is 0.889. The number of rotatable bonds is 6. The smallest absolute Gasteiger partial charge is 0.234 e. The van der Waals surface area contributed by atoms with Crippen LogP contribution in [-0.2, 0) is 11.3 Å². The molecule has 5 heteroatoms. The van der Waals surface area contributed by atoms with Gasteiger partial charge in [0.05, 0.1) is 13.2 Å². The minimum absolute atomic E-state index is 0.128. The van der Waals surface area contributed by atoms with Gasteiger partial charge in [-0.25, -0.2) is 0 Å². The SMILES string of the molecule is COc1cccc(Oc2ccc(CNC(=O)CC#N)cc2)c1. The van der Waals surface area contributed by atoms with Crippen LogP contribution in [0.1, 0.15) is 12.0 Å². The lowest BCUT2D eigenvalue weighted by atomic mass is 10.2. The molecule has 0 radical (unpaired) electrons. The lowest BCUT2D eigenvalue weighted by Crippen LogP contribution is -2.21. The van der Waals surface area contributed by atoms with Gasteiger partial charge in [0.2, 0.25) is 5.91 Å². The number of nitrogens with zero attached hydrogens (tertiary/aromatic N) is 1. The van der Waals surface area contributed by atoms with Gasteiger partial charge in [-0.2, -0.15) is 5.26 Å². The minimum Gasteiger partial charge on any atom is -0.497 e. The minimum atomic E-state index is -0.279. The summed E-state index contributed by atoms with van der Waals surface area (Å²) in [6, 6.07) is 16.5. The third-order valence-corrected chi connectivity index (χ3v) is 2.93. The summed E-state index contributed by atoms with van der Waals surface area (Å²) < 4.78 is 10.9. The maximum atomic E-state index is 11.2. The third kappa shape index (κ3) is 4.53. The summed E-state index contributed by atoms with van der Waals surface area (Å²) in [5, 5.41) is 11.1. The Morgan fingerprint density at radius 1 is 1.14 bits per heavy atom. The molecule has 0 unspecified atom stereocenters. The fourth-order valence-corrected chi connectivity index (χ4v) is 1.81. The Balaban J connectivity index is 1.94. The van der Waals surface area contributed by atoms with Gasteiger partial charge in [-0.15, -0.1) is 0 Å². The van der Waals surface area contributed by atoms with Crippen molar-refractivity contribution in [2.75, 3.05) is 7.11 Å². The molecule has 0 fully saturated rings. The van der Waals surface area contributed by atoms with Crippen LogP contribution in [0.4, 0.5) is 0 Å². The van der Waals surface area contributed by atoms with Crippen molar-refractivity contribution in [3.63, 3.8) is 0 Å². The van der Waals surface area contributed by atoms with Gasteiger partial charge in [-0.3, -0.25) is 4.79 Å². The van der Waals surface area contributed by atoms with Crippen LogP contribution in [0.3, 0.4) is 0 Å². The van der Waals surface area contributed by atoms with Crippen LogP contribution >= 0.6 is 0 Å². The average Bonchev–Trinajstić information content (AvgIpc) is 2.55. The summed E-state index contributed by atoms with van der Waals surface area (Å²) >= 11 is 0. The van der Waals surface area contributed by atoms with Crippen molar-refractivity contribution in [1.29, 1.82) is 5.26 Å². The molecular formula is C17H16N2O3. The number of carbonyl (C=O) groups excluding carboxylic acids is 1. The number of ether oxygens (including phenoxy) is 2. The van der Waals surface area contributed by atoms with Crippen molar-refractivity contribution in [2.45, 2.75) is 13.0 Å². The monoisotopic (exact) mass is 296 g/mol. The average molecular weight is 296 g/mol. The Bertz CT molecular complexity index is 675. The standard InChI is InChI=1S/C17H16N2O3/c1-21-15-3-2-4-16(11-15)22-14-7-5-13(6-8-14)12-19-17(20)9-10-18/h2-8,11H,9,12H2,1H3,(H,19,20). The van der Waals surface area contributed by atoms with Crippen molar-refractivity contribution in [3.05, 3.63) is 54.1 Å². The second kappa shape index (κ2) is 7.70. The van der Waals surface area contributed by atoms with Crippen molar-refractivity contribution in [2.24, 2.45) is 0 Å². The largest absolute Gasteiger partial charge is 0.497 e. The van der Waals surface area contributed by atoms with Gasteiger partial charge in [0.15, 0.2) is 0 Å². The van der Waals surface area contributed by atoms with Gasteiger partial charge >= 0.3 is 0 Å². The summed E-state index contributed by atoms with van der Waals surface area (Å²) in [7, 11) is 1.61. The van der Waals surface area contributed by atoms with Gasteiger partial charge in [0.1, 0.15) is 23.7 Å². The lowest BCUT2D eigenvalue weighted by Gasteiger charge is -2.08. The number of carbonyl (C=O) groups is 1. The van der Waals surface area contributed by atoms with E-state index in [0.29, 0.717) is 18.0 Å². The number of nitrogens with one attached hydrogen (secondary N) is 1. The lowest BCUT2D eigenvalue weighted by molar-refractivity contribution is -0.120. The highest BCUT2D eigenvalue weighted by Crippen LogP contribution is 2.25. The van der Waals surface area contributed by atoms with E-state index < -0.39 is 0 Å². The maximum absolute atomic E-state index is 11.2. The van der Waals surface area contributed by atoms with E-state index in [1.807, 2.05) is 48.5 Å². The van der Waals surface area contributed by atoms with Gasteiger partial charge in [-0.1, -0.05) is 18.2 Å². The summed E-state index contributed by atoms with van der Waals surface area (Å²) in [6.07, 6.45) is -0.128. The zero-order chi connectivity index (χ0) is 15.8. The van der Waals surface area contributed by atoms with Crippen LogP contribution in [0.25, 0.3) is 0 Å². The number of hydrogen-bond acceptors (Lipinski definition) is 4. The molecule has 0 spiro atoms. The highest BCUT2D eigenvalue weighted by atomic mass is 16.5. The number of hydrogen-bond donors (Lipinski definition) is 1. The van der Waals surface area contributed by atoms with Crippen LogP contribution in [0, 0.1) is 11.3 Å². The molecule has 112 valence electrons. The normalized spacial score (nSPS) is 9.64. The zero-order valence-electron chi connectivity index (χ0n) is 12.2. The Morgan fingerprint density at radius 2 is 1.86 bits per heavy atom. The molecule has 0 saturated heterocycles. The van der Waals surface area contributed by atoms with E-state index in [-0.39, 0.29) is 12.3 Å². The number of methoxy groups -OCH3 is 1. The zero-order valence-corrected chi connectivity index (χ0v) is 12.2. The van der Waals surface area contributed by atoms with Crippen LogP contribution in [0.2, 0.25) is 0 Å². The number of benzene rings is 2. The molecule has 22 heavy (non-hydrogen) atoms. The van der Waals surface area contributed by atoms with Crippen molar-refractivity contribution in [1.82, 2.24) is 5.32 Å². The van der Waals surface area contributed by atoms with Gasteiger partial charge in [0.25, 0.3) is 0 Å². The van der Waals surface area contributed by atoms with Gasteiger partial charge < -0.3 is 14.8 Å². The highest BCUT2D eigenvalue weighted by Gasteiger charge is 2.02. The van der Waals surface area contributed by atoms with E-state index in [1.54, 1.807) is 13.2 Å². The Kier molecular flexibility index (Phi) is 5.38. The molecule has 0 aliphatic rings. The molecule has 0 aromatic heterocycles. The van der Waals surface area contributed by atoms with E-state index in [1.165, 1.54) is 0 Å². The molecule has 2 aromatic rings. The maximum Gasteiger partial charge on any atom is 0.234 e. The molecule has 0 atom stereocenters. The van der Waals surface area contributed by atoms with Crippen molar-refractivity contribution in [3.8, 4) is 23.3 Å². The third-order valence-electron chi connectivity index (χ3n) is 2.93. The van der Waals surface area contributed by atoms with Crippen LogP contribution < -0.4 is 14.8 Å². The predicted molar refractivity (Wildman–Crippen MR) is 81.6 cm³/mol. The van der Waals surface area contributed by atoms with E-state index >= 15 is 0 Å². The van der Waals surface area contributed by atoms with E-state index in [4.69, 9.17) is 14.7 Å². The van der Waals surface area contributed by atoms with E-state index in [2.05, 4.69) is 5.32 Å². The molecule has 0 bridgehead atoms. The first-order chi connectivity index (χ1) is 10.7. The molecular weight excluding hydrogens is 280 g/mol. The molecule has 1 N–H and O–H groups in total. The highest BCUT2D eigenvalue weighted by molar-refractivity contribution is 5.77. The number of nitriles is 1. The Hall–Kier alpha value is -3.00. The molecule has 0 saturated carbocycles. The molecule has 2 rings (SSSR count). The summed E-state index contributed by atoms with van der Waals surface area (Å²) in [4.78, 5) is 11.2. The van der Waals surface area contributed by atoms with Crippen molar-refractivity contribution < 1.29 is 14.3 Å². The van der Waals surface area contributed by atoms with E-state index in [9.17, 15) is 4.79 Å². The van der Waals surface area contributed by atoms with Crippen molar-refractivity contribution >= 4 is 5.91 Å². The summed E-state index contributed by atoms with van der Waals surface area (Å²) in [5.74, 6) is 1.84. The Labute approximate surface area is 129 Å². The van der Waals surface area contributed by atoms with Crippen LogP contribution in [0.15, 0.2) is 48.5 Å². The molecule has 1 amide bonds. The molecule has 0 aliphatic heterocycles. The molecule has 0 heterocycles. The fourth-order valence-electron chi connectivity index (χ4n) is 1.81. The summed E-state index contributed by atoms with van der Waals surface area (Å²) in [6.45, 7) is 0.389. The number of amides is 1. The molecule has 0 aliphatic carbocycles. The molecule has 5 nitrogen and oxygen atoms in total. The van der Waals surface area contributed by atoms with Gasteiger partial charge in [0, 0.05) is 12.6 Å². The Morgan fingerprint density at radius 3 is 2.55 bits per heavy atom. The summed E-state index contributed by atoms with van der Waals surface area (Å²) in [5.41, 5.74) is 0.935. The van der Waals surface area contributed by atoms with Crippen LogP contribution in [0.5, 0.6) is 17.2 Å². The second-order valence-corrected chi connectivity index (χ2v) is 4.54. The predicted octanol–water partition coefficient (Wildman–Crippen LogP) is 3.02. The van der Waals surface area contributed by atoms with Gasteiger partial charge in [-0.05, 0) is 29.8 Å². The first kappa shape index (κ1) is 15.4. The second-order valence-electron chi connectivity index (χ2n) is 4.54. The molecule has 2 aromatic carbocycles. The first-order valence-electron chi connectivity index (χ1n) is 6.76. The van der Waals surface area contributed by atoms with E-state index in [0.717, 1.165) is 11.3 Å². The topological polar surface area (TPSA) is 71.3 Å². The first-order valence-corrected chi connectivity index (χ1v) is 6.76. The van der Waals surface area contributed by atoms with Crippen LogP contribution in [-0.4, -0.2) is 13.0 Å².